The number of carbonyl (C=O) groups excluding carboxylic acids is 1. The maximum Gasteiger partial charge on any atom is 0.308 e. The molecule has 20 heavy (non-hydrogen) atoms. The first-order valence-corrected chi connectivity index (χ1v) is 6.37. The number of carboxylic acid groups (broad SMARTS) is 1. The van der Waals surface area contributed by atoms with Gasteiger partial charge in [0.1, 0.15) is 0 Å². The topological polar surface area (TPSA) is 75.6 Å². The number of hydrogen-bond acceptors (Lipinski definition) is 3. The van der Waals surface area contributed by atoms with Crippen LogP contribution in [-0.2, 0) is 9.59 Å². The van der Waals surface area contributed by atoms with E-state index in [0.717, 1.165) is 0 Å². The van der Waals surface area contributed by atoms with E-state index in [9.17, 15) is 14.0 Å². The third-order valence-corrected chi connectivity index (χ3v) is 2.67. The first kappa shape index (κ1) is 15.9. The molecule has 0 aromatic heterocycles. The number of carbonyl (C=O) groups is 2. The zero-order valence-electron chi connectivity index (χ0n) is 11.3. The summed E-state index contributed by atoms with van der Waals surface area (Å²) in [6.45, 7) is 1.84. The van der Waals surface area contributed by atoms with Crippen molar-refractivity contribution in [2.75, 3.05) is 13.2 Å². The van der Waals surface area contributed by atoms with Gasteiger partial charge in [-0.1, -0.05) is 19.1 Å². The van der Waals surface area contributed by atoms with E-state index < -0.39 is 17.7 Å². The van der Waals surface area contributed by atoms with E-state index in [0.29, 0.717) is 6.42 Å². The van der Waals surface area contributed by atoms with Crippen molar-refractivity contribution in [2.24, 2.45) is 5.92 Å². The second-order valence-corrected chi connectivity index (χ2v) is 4.43. The van der Waals surface area contributed by atoms with Gasteiger partial charge in [0.25, 0.3) is 0 Å². The van der Waals surface area contributed by atoms with Gasteiger partial charge in [0.15, 0.2) is 11.6 Å². The van der Waals surface area contributed by atoms with Crippen molar-refractivity contribution >= 4 is 11.9 Å². The molecule has 1 atom stereocenters. The number of ether oxygens (including phenoxy) is 1. The molecule has 0 heterocycles. The molecular weight excluding hydrogens is 265 g/mol. The normalized spacial score (nSPS) is 11.7. The highest BCUT2D eigenvalue weighted by atomic mass is 19.1. The fourth-order valence-electron chi connectivity index (χ4n) is 1.42. The molecule has 0 spiro atoms. The summed E-state index contributed by atoms with van der Waals surface area (Å²) in [4.78, 5) is 22.0. The number of aliphatic carboxylic acids is 1. The molecule has 1 aromatic rings. The first-order chi connectivity index (χ1) is 9.50. The van der Waals surface area contributed by atoms with Crippen molar-refractivity contribution in [3.8, 4) is 5.75 Å². The number of amides is 1. The Labute approximate surface area is 116 Å². The van der Waals surface area contributed by atoms with E-state index in [1.807, 2.05) is 0 Å². The molecule has 0 aliphatic heterocycles. The lowest BCUT2D eigenvalue weighted by molar-refractivity contribution is -0.141. The van der Waals surface area contributed by atoms with Gasteiger partial charge in [-0.2, -0.15) is 0 Å². The van der Waals surface area contributed by atoms with Gasteiger partial charge in [-0.15, -0.1) is 0 Å². The second-order valence-electron chi connectivity index (χ2n) is 4.43. The van der Waals surface area contributed by atoms with Crippen LogP contribution in [0.2, 0.25) is 0 Å². The van der Waals surface area contributed by atoms with Crippen molar-refractivity contribution in [1.29, 1.82) is 0 Å². The Kier molecular flexibility index (Phi) is 6.49. The van der Waals surface area contributed by atoms with Gasteiger partial charge in [-0.25, -0.2) is 4.39 Å². The van der Waals surface area contributed by atoms with E-state index in [1.54, 1.807) is 12.1 Å². The summed E-state index contributed by atoms with van der Waals surface area (Å²) in [6.07, 6.45) is 0.641. The van der Waals surface area contributed by atoms with Crippen molar-refractivity contribution in [3.05, 3.63) is 30.1 Å². The van der Waals surface area contributed by atoms with Crippen LogP contribution in [0.25, 0.3) is 0 Å². The Balaban J connectivity index is 2.16. The quantitative estimate of drug-likeness (QED) is 0.714. The molecule has 0 aliphatic rings. The highest BCUT2D eigenvalue weighted by Gasteiger charge is 2.11. The van der Waals surface area contributed by atoms with Crippen LogP contribution in [0.1, 0.15) is 19.8 Å². The summed E-state index contributed by atoms with van der Waals surface area (Å²) < 4.78 is 18.4. The molecule has 0 saturated heterocycles. The minimum absolute atomic E-state index is 0.0995. The van der Waals surface area contributed by atoms with E-state index in [-0.39, 0.29) is 31.2 Å². The molecule has 0 bridgehead atoms. The number of rotatable bonds is 8. The molecule has 5 nitrogen and oxygen atoms in total. The predicted octanol–water partition coefficient (Wildman–Crippen LogP) is 1.82. The lowest BCUT2D eigenvalue weighted by atomic mass is 10.2. The van der Waals surface area contributed by atoms with Crippen molar-refractivity contribution in [1.82, 2.24) is 5.32 Å². The largest absolute Gasteiger partial charge is 0.491 e. The van der Waals surface area contributed by atoms with Crippen molar-refractivity contribution in [2.45, 2.75) is 19.8 Å². The Morgan fingerprint density at radius 3 is 2.75 bits per heavy atom. The van der Waals surface area contributed by atoms with Crippen LogP contribution < -0.4 is 10.1 Å². The minimum atomic E-state index is -0.951. The summed E-state index contributed by atoms with van der Waals surface area (Å²) in [5.41, 5.74) is 0. The lowest BCUT2D eigenvalue weighted by Gasteiger charge is -2.09. The van der Waals surface area contributed by atoms with E-state index in [4.69, 9.17) is 9.84 Å². The van der Waals surface area contributed by atoms with Crippen LogP contribution >= 0.6 is 0 Å². The maximum absolute atomic E-state index is 13.2. The standard InChI is InChI=1S/C14H18FNO4/c1-10(14(18)19)9-16-13(17)7-4-8-20-12-6-3-2-5-11(12)15/h2-3,5-6,10H,4,7-9H2,1H3,(H,16,17)(H,18,19). The Bertz CT molecular complexity index is 464. The number of halogens is 1. The molecular formula is C14H18FNO4. The smallest absolute Gasteiger partial charge is 0.308 e. The first-order valence-electron chi connectivity index (χ1n) is 6.37. The molecule has 110 valence electrons. The summed E-state index contributed by atoms with van der Waals surface area (Å²) >= 11 is 0. The van der Waals surface area contributed by atoms with E-state index >= 15 is 0 Å². The second kappa shape index (κ2) is 8.14. The Morgan fingerprint density at radius 2 is 2.10 bits per heavy atom. The Morgan fingerprint density at radius 1 is 1.40 bits per heavy atom. The number of para-hydroxylation sites is 1. The third-order valence-electron chi connectivity index (χ3n) is 2.67. The minimum Gasteiger partial charge on any atom is -0.491 e. The highest BCUT2D eigenvalue weighted by Crippen LogP contribution is 2.15. The Hall–Kier alpha value is -2.11. The summed E-state index contributed by atoms with van der Waals surface area (Å²) in [5, 5.41) is 11.2. The molecule has 0 fully saturated rings. The third kappa shape index (κ3) is 5.69. The van der Waals surface area contributed by atoms with E-state index in [2.05, 4.69) is 5.32 Å². The molecule has 1 unspecified atom stereocenters. The summed E-state index contributed by atoms with van der Waals surface area (Å²) in [7, 11) is 0. The number of hydrogen-bond donors (Lipinski definition) is 2. The molecule has 0 radical (unpaired) electrons. The van der Waals surface area contributed by atoms with Gasteiger partial charge in [0.05, 0.1) is 12.5 Å². The highest BCUT2D eigenvalue weighted by molar-refractivity contribution is 5.77. The SMILES string of the molecule is CC(CNC(=O)CCCOc1ccccc1F)C(=O)O. The number of benzene rings is 1. The molecule has 1 rings (SSSR count). The van der Waals surface area contributed by atoms with Gasteiger partial charge in [-0.05, 0) is 18.6 Å². The maximum atomic E-state index is 13.2. The van der Waals surface area contributed by atoms with Crippen LogP contribution in [0, 0.1) is 11.7 Å². The molecule has 1 amide bonds. The van der Waals surface area contributed by atoms with Crippen LogP contribution in [0.15, 0.2) is 24.3 Å². The van der Waals surface area contributed by atoms with E-state index in [1.165, 1.54) is 19.1 Å². The average molecular weight is 283 g/mol. The van der Waals surface area contributed by atoms with Crippen LogP contribution in [0.3, 0.4) is 0 Å². The van der Waals surface area contributed by atoms with Crippen molar-refractivity contribution in [3.63, 3.8) is 0 Å². The number of nitrogens with one attached hydrogen (secondary N) is 1. The van der Waals surface area contributed by atoms with Crippen LogP contribution in [-0.4, -0.2) is 30.1 Å². The predicted molar refractivity (Wildman–Crippen MR) is 70.9 cm³/mol. The fraction of sp³-hybridized carbons (Fsp3) is 0.429. The fourth-order valence-corrected chi connectivity index (χ4v) is 1.42. The lowest BCUT2D eigenvalue weighted by Crippen LogP contribution is -2.31. The number of carboxylic acids is 1. The molecule has 2 N–H and O–H groups in total. The van der Waals surface area contributed by atoms with Gasteiger partial charge >= 0.3 is 5.97 Å². The summed E-state index contributed by atoms with van der Waals surface area (Å²) in [5.74, 6) is -2.09. The monoisotopic (exact) mass is 283 g/mol. The van der Waals surface area contributed by atoms with Crippen LogP contribution in [0.4, 0.5) is 4.39 Å². The molecule has 0 saturated carbocycles. The molecule has 1 aromatic carbocycles. The molecule has 6 heteroatoms. The van der Waals surface area contributed by atoms with Crippen LogP contribution in [0.5, 0.6) is 5.75 Å². The van der Waals surface area contributed by atoms with Gasteiger partial charge < -0.3 is 15.2 Å². The average Bonchev–Trinajstić information content (AvgIpc) is 2.42. The molecule has 0 aliphatic carbocycles. The zero-order valence-corrected chi connectivity index (χ0v) is 11.3. The zero-order chi connectivity index (χ0) is 15.0. The summed E-state index contributed by atoms with van der Waals surface area (Å²) in [6, 6.07) is 6.05. The van der Waals surface area contributed by atoms with Gasteiger partial charge in [-0.3, -0.25) is 9.59 Å². The van der Waals surface area contributed by atoms with Gasteiger partial charge in [0, 0.05) is 13.0 Å². The van der Waals surface area contributed by atoms with Crippen molar-refractivity contribution < 1.29 is 23.8 Å². The van der Waals surface area contributed by atoms with Gasteiger partial charge in [0.2, 0.25) is 5.91 Å².